The van der Waals surface area contributed by atoms with Gasteiger partial charge in [-0.15, -0.1) is 0 Å². The molecule has 0 spiro atoms. The van der Waals surface area contributed by atoms with E-state index in [1.165, 1.54) is 7.11 Å². The van der Waals surface area contributed by atoms with Gasteiger partial charge in [-0.2, -0.15) is 0 Å². The summed E-state index contributed by atoms with van der Waals surface area (Å²) in [5.74, 6) is 0.340. The molecule has 1 aromatic carbocycles. The zero-order chi connectivity index (χ0) is 16.8. The van der Waals surface area contributed by atoms with E-state index >= 15 is 0 Å². The van der Waals surface area contributed by atoms with E-state index in [4.69, 9.17) is 9.47 Å². The molecule has 0 saturated heterocycles. The van der Waals surface area contributed by atoms with Crippen LogP contribution in [0, 0.1) is 5.41 Å². The molecular formula is C19H22O4. The number of hydrogen-bond donors (Lipinski definition) is 0. The summed E-state index contributed by atoms with van der Waals surface area (Å²) in [6, 6.07) is 5.63. The lowest BCUT2D eigenvalue weighted by Crippen LogP contribution is -2.46. The molecule has 0 aliphatic heterocycles. The topological polar surface area (TPSA) is 52.6 Å². The van der Waals surface area contributed by atoms with Crippen molar-refractivity contribution in [3.8, 4) is 5.75 Å². The van der Waals surface area contributed by atoms with Gasteiger partial charge in [0.05, 0.1) is 19.6 Å². The number of esters is 1. The third-order valence-corrected chi connectivity index (χ3v) is 5.54. The molecule has 23 heavy (non-hydrogen) atoms. The van der Waals surface area contributed by atoms with Crippen molar-refractivity contribution in [1.82, 2.24) is 0 Å². The van der Waals surface area contributed by atoms with E-state index in [0.29, 0.717) is 17.7 Å². The Morgan fingerprint density at radius 1 is 1.17 bits per heavy atom. The molecule has 2 atom stereocenters. The number of hydrogen-bond acceptors (Lipinski definition) is 4. The third kappa shape index (κ3) is 2.12. The van der Waals surface area contributed by atoms with Gasteiger partial charge in [0.25, 0.3) is 0 Å². The highest BCUT2D eigenvalue weighted by molar-refractivity contribution is 6.09. The lowest BCUT2D eigenvalue weighted by Gasteiger charge is -2.48. The molecule has 3 rings (SSSR count). The highest BCUT2D eigenvalue weighted by atomic mass is 16.5. The highest BCUT2D eigenvalue weighted by Crippen LogP contribution is 2.55. The second kappa shape index (κ2) is 5.22. The van der Waals surface area contributed by atoms with Gasteiger partial charge in [0, 0.05) is 11.0 Å². The number of allylic oxidation sites excluding steroid dienone is 1. The lowest BCUT2D eigenvalue weighted by atomic mass is 9.54. The summed E-state index contributed by atoms with van der Waals surface area (Å²) in [6.07, 6.45) is 4.19. The second-order valence-corrected chi connectivity index (χ2v) is 6.84. The molecule has 0 amide bonds. The van der Waals surface area contributed by atoms with Crippen LogP contribution in [0.5, 0.6) is 5.75 Å². The van der Waals surface area contributed by atoms with Crippen LogP contribution >= 0.6 is 0 Å². The van der Waals surface area contributed by atoms with Crippen LogP contribution in [0.1, 0.15) is 49.0 Å². The standard InChI is InChI=1S/C19H22O4/c1-18-8-5-9-19(2,17(21)23-4)16(18)11-15(20)13-10-12(22-3)6-7-14(13)18/h6-7,10-11H,5,8-9H2,1-4H3. The number of rotatable bonds is 2. The van der Waals surface area contributed by atoms with Crippen molar-refractivity contribution >= 4 is 11.8 Å². The van der Waals surface area contributed by atoms with Crippen LogP contribution < -0.4 is 4.74 Å². The average molecular weight is 314 g/mol. The average Bonchev–Trinajstić information content (AvgIpc) is 2.56. The summed E-state index contributed by atoms with van der Waals surface area (Å²) in [5.41, 5.74) is 1.47. The lowest BCUT2D eigenvalue weighted by molar-refractivity contribution is -0.151. The molecule has 2 aliphatic rings. The third-order valence-electron chi connectivity index (χ3n) is 5.54. The zero-order valence-corrected chi connectivity index (χ0v) is 14.1. The quantitative estimate of drug-likeness (QED) is 0.785. The number of carbonyl (C=O) groups is 2. The van der Waals surface area contributed by atoms with E-state index in [9.17, 15) is 9.59 Å². The number of carbonyl (C=O) groups excluding carboxylic acids is 2. The molecule has 0 heterocycles. The van der Waals surface area contributed by atoms with E-state index in [-0.39, 0.29) is 17.2 Å². The Labute approximate surface area is 136 Å². The largest absolute Gasteiger partial charge is 0.497 e. The first-order valence-electron chi connectivity index (χ1n) is 7.91. The van der Waals surface area contributed by atoms with Gasteiger partial charge in [0.2, 0.25) is 0 Å². The Hall–Kier alpha value is -2.10. The van der Waals surface area contributed by atoms with E-state index in [0.717, 1.165) is 24.0 Å². The maximum absolute atomic E-state index is 12.7. The summed E-state index contributed by atoms with van der Waals surface area (Å²) in [7, 11) is 3.00. The van der Waals surface area contributed by atoms with E-state index in [2.05, 4.69) is 6.92 Å². The fraction of sp³-hybridized carbons (Fsp3) is 0.474. The maximum Gasteiger partial charge on any atom is 0.315 e. The molecular weight excluding hydrogens is 292 g/mol. The molecule has 2 aliphatic carbocycles. The molecule has 0 bridgehead atoms. The van der Waals surface area contributed by atoms with Crippen LogP contribution in [0.2, 0.25) is 0 Å². The number of fused-ring (bicyclic) bond motifs is 3. The first kappa shape index (κ1) is 15.8. The van der Waals surface area contributed by atoms with Crippen molar-refractivity contribution in [2.75, 3.05) is 14.2 Å². The Bertz CT molecular complexity index is 718. The molecule has 0 radical (unpaired) electrons. The van der Waals surface area contributed by atoms with Crippen molar-refractivity contribution in [1.29, 1.82) is 0 Å². The van der Waals surface area contributed by atoms with Gasteiger partial charge >= 0.3 is 5.97 Å². The summed E-state index contributed by atoms with van der Waals surface area (Å²) in [6.45, 7) is 4.01. The predicted octanol–water partition coefficient (Wildman–Crippen LogP) is 3.44. The van der Waals surface area contributed by atoms with E-state index in [1.54, 1.807) is 19.3 Å². The Morgan fingerprint density at radius 3 is 2.57 bits per heavy atom. The van der Waals surface area contributed by atoms with Gasteiger partial charge in [-0.25, -0.2) is 0 Å². The van der Waals surface area contributed by atoms with Crippen molar-refractivity contribution in [3.63, 3.8) is 0 Å². The smallest absolute Gasteiger partial charge is 0.315 e. The number of ketones is 1. The summed E-state index contributed by atoms with van der Waals surface area (Å²) in [4.78, 5) is 25.1. The number of ether oxygens (including phenoxy) is 2. The second-order valence-electron chi connectivity index (χ2n) is 6.84. The minimum atomic E-state index is -0.741. The van der Waals surface area contributed by atoms with Crippen LogP contribution in [0.15, 0.2) is 29.8 Å². The normalized spacial score (nSPS) is 29.2. The number of benzene rings is 1. The van der Waals surface area contributed by atoms with Gasteiger partial charge < -0.3 is 9.47 Å². The van der Waals surface area contributed by atoms with Crippen LogP contribution in [0.4, 0.5) is 0 Å². The van der Waals surface area contributed by atoms with Crippen molar-refractivity contribution < 1.29 is 19.1 Å². The Kier molecular flexibility index (Phi) is 3.58. The van der Waals surface area contributed by atoms with Gasteiger partial charge in [0.15, 0.2) is 5.78 Å². The van der Waals surface area contributed by atoms with E-state index in [1.807, 2.05) is 19.1 Å². The van der Waals surface area contributed by atoms with Gasteiger partial charge in [0.1, 0.15) is 5.75 Å². The number of methoxy groups -OCH3 is 2. The van der Waals surface area contributed by atoms with E-state index < -0.39 is 5.41 Å². The molecule has 122 valence electrons. The van der Waals surface area contributed by atoms with Crippen LogP contribution in [0.3, 0.4) is 0 Å². The Morgan fingerprint density at radius 2 is 1.91 bits per heavy atom. The molecule has 4 nitrogen and oxygen atoms in total. The molecule has 0 N–H and O–H groups in total. The molecule has 1 fully saturated rings. The molecule has 1 saturated carbocycles. The molecule has 1 aromatic rings. The molecule has 2 unspecified atom stereocenters. The van der Waals surface area contributed by atoms with Crippen LogP contribution in [-0.4, -0.2) is 26.0 Å². The first-order chi connectivity index (χ1) is 10.9. The van der Waals surface area contributed by atoms with Crippen molar-refractivity contribution in [2.45, 2.75) is 38.5 Å². The first-order valence-corrected chi connectivity index (χ1v) is 7.91. The van der Waals surface area contributed by atoms with Gasteiger partial charge in [-0.1, -0.05) is 19.4 Å². The minimum Gasteiger partial charge on any atom is -0.497 e. The fourth-order valence-corrected chi connectivity index (χ4v) is 4.25. The maximum atomic E-state index is 12.7. The van der Waals surface area contributed by atoms with Crippen LogP contribution in [-0.2, 0) is 14.9 Å². The molecule has 4 heteroatoms. The van der Waals surface area contributed by atoms with Crippen molar-refractivity contribution in [2.24, 2.45) is 5.41 Å². The minimum absolute atomic E-state index is 0.0663. The summed E-state index contributed by atoms with van der Waals surface area (Å²) < 4.78 is 10.3. The summed E-state index contributed by atoms with van der Waals surface area (Å²) >= 11 is 0. The summed E-state index contributed by atoms with van der Waals surface area (Å²) in [5, 5.41) is 0. The highest BCUT2D eigenvalue weighted by Gasteiger charge is 2.52. The van der Waals surface area contributed by atoms with Gasteiger partial charge in [-0.3, -0.25) is 9.59 Å². The fourth-order valence-electron chi connectivity index (χ4n) is 4.25. The van der Waals surface area contributed by atoms with Gasteiger partial charge in [-0.05, 0) is 49.1 Å². The van der Waals surface area contributed by atoms with Crippen LogP contribution in [0.25, 0.3) is 0 Å². The van der Waals surface area contributed by atoms with Crippen molar-refractivity contribution in [3.05, 3.63) is 41.0 Å². The monoisotopic (exact) mass is 314 g/mol. The zero-order valence-electron chi connectivity index (χ0n) is 14.1. The SMILES string of the molecule is COC(=O)C1(C)CCCC2(C)C1=CC(=O)c1cc(OC)ccc12. The predicted molar refractivity (Wildman–Crippen MR) is 86.7 cm³/mol. The molecule has 0 aromatic heterocycles. The Balaban J connectivity index is 2.20.